The van der Waals surface area contributed by atoms with E-state index in [4.69, 9.17) is 0 Å². The summed E-state index contributed by atoms with van der Waals surface area (Å²) in [4.78, 5) is 3.81. The van der Waals surface area contributed by atoms with E-state index in [9.17, 15) is 26.0 Å². The highest BCUT2D eigenvalue weighted by Crippen LogP contribution is 2.32. The van der Waals surface area contributed by atoms with Gasteiger partial charge in [-0.1, -0.05) is 6.07 Å². The van der Waals surface area contributed by atoms with Gasteiger partial charge >= 0.3 is 6.18 Å². The maximum atomic E-state index is 13.0. The van der Waals surface area contributed by atoms with E-state index >= 15 is 0 Å². The average molecular weight is 498 g/mol. The van der Waals surface area contributed by atoms with E-state index in [0.717, 1.165) is 18.4 Å². The SMILES string of the molecule is CN=C(NCCNS(C)(=O)=O)NCc1ccc(F)cc1C(F)(F)F.I. The summed E-state index contributed by atoms with van der Waals surface area (Å²) in [5.74, 6) is -0.789. The van der Waals surface area contributed by atoms with E-state index in [2.05, 4.69) is 20.3 Å². The van der Waals surface area contributed by atoms with Crippen LogP contribution in [0.25, 0.3) is 0 Å². The van der Waals surface area contributed by atoms with Crippen LogP contribution in [0, 0.1) is 5.82 Å². The van der Waals surface area contributed by atoms with Crippen molar-refractivity contribution < 1.29 is 26.0 Å². The molecule has 0 aliphatic carbocycles. The number of rotatable bonds is 6. The number of sulfonamides is 1. The number of aliphatic imine (C=N–C) groups is 1. The minimum absolute atomic E-state index is 0. The number of benzene rings is 1. The van der Waals surface area contributed by atoms with Crippen molar-refractivity contribution >= 4 is 40.0 Å². The molecule has 0 aliphatic heterocycles. The van der Waals surface area contributed by atoms with Crippen LogP contribution in [0.4, 0.5) is 17.6 Å². The van der Waals surface area contributed by atoms with Gasteiger partial charge in [0.05, 0.1) is 11.8 Å². The third kappa shape index (κ3) is 9.21. The lowest BCUT2D eigenvalue weighted by Gasteiger charge is -2.16. The molecule has 0 atom stereocenters. The first-order chi connectivity index (χ1) is 11.0. The molecule has 0 bridgehead atoms. The molecule has 0 aromatic heterocycles. The van der Waals surface area contributed by atoms with Gasteiger partial charge in [-0.2, -0.15) is 13.2 Å². The van der Waals surface area contributed by atoms with Crippen molar-refractivity contribution in [2.45, 2.75) is 12.7 Å². The Morgan fingerprint density at radius 1 is 1.20 bits per heavy atom. The van der Waals surface area contributed by atoms with Crippen LogP contribution in [-0.2, 0) is 22.7 Å². The zero-order chi connectivity index (χ0) is 18.4. The molecule has 144 valence electrons. The molecular weight excluding hydrogens is 479 g/mol. The lowest BCUT2D eigenvalue weighted by Crippen LogP contribution is -2.41. The molecule has 0 radical (unpaired) electrons. The van der Waals surface area contributed by atoms with Crippen molar-refractivity contribution in [1.82, 2.24) is 15.4 Å². The van der Waals surface area contributed by atoms with Gasteiger partial charge in [0.15, 0.2) is 5.96 Å². The molecule has 0 amide bonds. The van der Waals surface area contributed by atoms with Crippen LogP contribution >= 0.6 is 24.0 Å². The highest BCUT2D eigenvalue weighted by atomic mass is 127. The summed E-state index contributed by atoms with van der Waals surface area (Å²) < 4.78 is 75.7. The fourth-order valence-corrected chi connectivity index (χ4v) is 2.26. The molecule has 1 rings (SSSR count). The van der Waals surface area contributed by atoms with Gasteiger partial charge < -0.3 is 10.6 Å². The third-order valence-corrected chi connectivity index (χ3v) is 3.56. The predicted octanol–water partition coefficient (Wildman–Crippen LogP) is 1.68. The Morgan fingerprint density at radius 3 is 2.36 bits per heavy atom. The summed E-state index contributed by atoms with van der Waals surface area (Å²) in [6.07, 6.45) is -3.66. The van der Waals surface area contributed by atoms with E-state index in [1.54, 1.807) is 0 Å². The van der Waals surface area contributed by atoms with Gasteiger partial charge in [0.2, 0.25) is 10.0 Å². The monoisotopic (exact) mass is 498 g/mol. The number of guanidine groups is 1. The van der Waals surface area contributed by atoms with Gasteiger partial charge in [0.1, 0.15) is 5.82 Å². The number of nitrogens with one attached hydrogen (secondary N) is 3. The van der Waals surface area contributed by atoms with E-state index in [0.29, 0.717) is 6.07 Å². The third-order valence-electron chi connectivity index (χ3n) is 2.83. The van der Waals surface area contributed by atoms with Crippen molar-refractivity contribution in [1.29, 1.82) is 0 Å². The molecule has 25 heavy (non-hydrogen) atoms. The van der Waals surface area contributed by atoms with Gasteiger partial charge in [-0.25, -0.2) is 17.5 Å². The molecule has 6 nitrogen and oxygen atoms in total. The van der Waals surface area contributed by atoms with Crippen LogP contribution < -0.4 is 15.4 Å². The second kappa shape index (κ2) is 10.1. The van der Waals surface area contributed by atoms with E-state index in [1.165, 1.54) is 7.05 Å². The van der Waals surface area contributed by atoms with Crippen LogP contribution in [0.15, 0.2) is 23.2 Å². The summed E-state index contributed by atoms with van der Waals surface area (Å²) in [6.45, 7) is 0.0421. The number of hydrogen-bond acceptors (Lipinski definition) is 3. The molecule has 0 heterocycles. The van der Waals surface area contributed by atoms with Crippen LogP contribution in [-0.4, -0.2) is 40.8 Å². The summed E-state index contributed by atoms with van der Waals surface area (Å²) in [5, 5.41) is 5.39. The summed E-state index contributed by atoms with van der Waals surface area (Å²) in [5.41, 5.74) is -1.20. The van der Waals surface area contributed by atoms with E-state index in [-0.39, 0.29) is 55.1 Å². The van der Waals surface area contributed by atoms with Crippen molar-refractivity contribution in [3.8, 4) is 0 Å². The molecule has 0 aliphatic rings. The van der Waals surface area contributed by atoms with Crippen molar-refractivity contribution in [3.05, 3.63) is 35.1 Å². The number of nitrogens with zero attached hydrogens (tertiary/aromatic N) is 1. The molecule has 1 aromatic carbocycles. The summed E-state index contributed by atoms with van der Waals surface area (Å²) in [7, 11) is -1.91. The van der Waals surface area contributed by atoms with Gasteiger partial charge in [-0.3, -0.25) is 4.99 Å². The molecule has 0 saturated heterocycles. The second-order valence-electron chi connectivity index (χ2n) is 4.82. The Bertz CT molecular complexity index is 696. The quantitative estimate of drug-likeness (QED) is 0.183. The number of halogens is 5. The topological polar surface area (TPSA) is 82.6 Å². The molecule has 0 unspecified atom stereocenters. The Kier molecular flexibility index (Phi) is 9.64. The first-order valence-electron chi connectivity index (χ1n) is 6.77. The fourth-order valence-electron chi connectivity index (χ4n) is 1.78. The summed E-state index contributed by atoms with van der Waals surface area (Å²) >= 11 is 0. The Morgan fingerprint density at radius 2 is 1.84 bits per heavy atom. The van der Waals surface area contributed by atoms with Gasteiger partial charge in [-0.15, -0.1) is 24.0 Å². The van der Waals surface area contributed by atoms with Crippen LogP contribution in [0.1, 0.15) is 11.1 Å². The van der Waals surface area contributed by atoms with Crippen molar-refractivity contribution in [2.24, 2.45) is 4.99 Å². The molecule has 3 N–H and O–H groups in total. The highest BCUT2D eigenvalue weighted by Gasteiger charge is 2.33. The first-order valence-corrected chi connectivity index (χ1v) is 8.67. The van der Waals surface area contributed by atoms with Crippen LogP contribution in [0.3, 0.4) is 0 Å². The smallest absolute Gasteiger partial charge is 0.355 e. The van der Waals surface area contributed by atoms with E-state index in [1.807, 2.05) is 0 Å². The van der Waals surface area contributed by atoms with Gasteiger partial charge in [0.25, 0.3) is 0 Å². The molecule has 0 spiro atoms. The van der Waals surface area contributed by atoms with Crippen molar-refractivity contribution in [3.63, 3.8) is 0 Å². The minimum Gasteiger partial charge on any atom is -0.355 e. The highest BCUT2D eigenvalue weighted by molar-refractivity contribution is 14.0. The Balaban J connectivity index is 0.00000576. The molecule has 0 saturated carbocycles. The van der Waals surface area contributed by atoms with Gasteiger partial charge in [0, 0.05) is 26.7 Å². The maximum Gasteiger partial charge on any atom is 0.416 e. The van der Waals surface area contributed by atoms with Gasteiger partial charge in [-0.05, 0) is 17.7 Å². The van der Waals surface area contributed by atoms with E-state index < -0.39 is 27.6 Å². The lowest BCUT2D eigenvalue weighted by molar-refractivity contribution is -0.138. The fraction of sp³-hybridized carbons (Fsp3) is 0.462. The van der Waals surface area contributed by atoms with Crippen molar-refractivity contribution in [2.75, 3.05) is 26.4 Å². The molecular formula is C13H19F4IN4O2S. The Labute approximate surface area is 160 Å². The molecule has 1 aromatic rings. The second-order valence-corrected chi connectivity index (χ2v) is 6.65. The zero-order valence-corrected chi connectivity index (χ0v) is 16.6. The molecule has 12 heteroatoms. The summed E-state index contributed by atoms with van der Waals surface area (Å²) in [6, 6.07) is 2.42. The average Bonchev–Trinajstić information content (AvgIpc) is 2.45. The minimum atomic E-state index is -4.67. The lowest BCUT2D eigenvalue weighted by atomic mass is 10.1. The molecule has 0 fully saturated rings. The Hall–Kier alpha value is -1.15. The predicted molar refractivity (Wildman–Crippen MR) is 97.9 cm³/mol. The van der Waals surface area contributed by atoms with Crippen LogP contribution in [0.5, 0.6) is 0 Å². The standard InChI is InChI=1S/C13H18F4N4O2S.HI/c1-18-12(19-5-6-21-24(2,22)23)20-8-9-3-4-10(14)7-11(9)13(15,16)17;/h3-4,7,21H,5-6,8H2,1-2H3,(H2,18,19,20);1H. The zero-order valence-electron chi connectivity index (χ0n) is 13.4. The number of hydrogen-bond donors (Lipinski definition) is 3. The normalized spacial score (nSPS) is 12.5. The number of alkyl halides is 3. The maximum absolute atomic E-state index is 13.0. The largest absolute Gasteiger partial charge is 0.416 e. The first kappa shape index (κ1) is 23.9. The van der Waals surface area contributed by atoms with Crippen LogP contribution in [0.2, 0.25) is 0 Å².